The van der Waals surface area contributed by atoms with Crippen molar-refractivity contribution in [3.63, 3.8) is 0 Å². The Kier molecular flexibility index (Phi) is 5.98. The van der Waals surface area contributed by atoms with Crippen molar-refractivity contribution in [2.24, 2.45) is 0 Å². The second-order valence-electron chi connectivity index (χ2n) is 3.51. The molecule has 0 aliphatic rings. The predicted octanol–water partition coefficient (Wildman–Crippen LogP) is 3.01. The Morgan fingerprint density at radius 3 is 2.78 bits per heavy atom. The number of nitrogens with one attached hydrogen (secondary N) is 1. The molecule has 4 nitrogen and oxygen atoms in total. The summed E-state index contributed by atoms with van der Waals surface area (Å²) in [4.78, 5) is 13.3. The van der Waals surface area contributed by atoms with E-state index in [1.165, 1.54) is 4.90 Å². The highest BCUT2D eigenvalue weighted by atomic mass is 35.5. The molecule has 1 aromatic rings. The zero-order valence-electron chi connectivity index (χ0n) is 9.70. The van der Waals surface area contributed by atoms with Gasteiger partial charge < -0.3 is 15.3 Å². The van der Waals surface area contributed by atoms with Crippen molar-refractivity contribution in [3.8, 4) is 0 Å². The number of hydrogen-bond acceptors (Lipinski definition) is 2. The van der Waals surface area contributed by atoms with Crippen LogP contribution in [-0.2, 0) is 0 Å². The average Bonchev–Trinajstić information content (AvgIpc) is 2.32. The van der Waals surface area contributed by atoms with Gasteiger partial charge in [0.05, 0.1) is 17.3 Å². The summed E-state index contributed by atoms with van der Waals surface area (Å²) in [7, 11) is 0. The van der Waals surface area contributed by atoms with Gasteiger partial charge in [-0.05, 0) is 18.2 Å². The molecule has 1 rings (SSSR count). The van der Waals surface area contributed by atoms with Gasteiger partial charge in [0.15, 0.2) is 0 Å². The molecule has 6 heteroatoms. The lowest BCUT2D eigenvalue weighted by atomic mass is 10.3. The van der Waals surface area contributed by atoms with E-state index in [-0.39, 0.29) is 19.2 Å². The Labute approximate surface area is 116 Å². The molecule has 0 aromatic heterocycles. The fraction of sp³-hybridized carbons (Fsp3) is 0.250. The Balaban J connectivity index is 2.75. The van der Waals surface area contributed by atoms with Gasteiger partial charge in [-0.3, -0.25) is 0 Å². The van der Waals surface area contributed by atoms with E-state index >= 15 is 0 Å². The number of urea groups is 1. The third-order valence-electron chi connectivity index (χ3n) is 2.18. The third-order valence-corrected chi connectivity index (χ3v) is 2.73. The van der Waals surface area contributed by atoms with E-state index in [4.69, 9.17) is 28.3 Å². The number of aliphatic hydroxyl groups excluding tert-OH is 1. The van der Waals surface area contributed by atoms with Crippen molar-refractivity contribution in [1.82, 2.24) is 4.90 Å². The first-order valence-corrected chi connectivity index (χ1v) is 6.06. The number of aliphatic hydroxyl groups is 1. The van der Waals surface area contributed by atoms with Gasteiger partial charge in [-0.15, -0.1) is 6.58 Å². The second kappa shape index (κ2) is 7.26. The maximum Gasteiger partial charge on any atom is 0.322 e. The summed E-state index contributed by atoms with van der Waals surface area (Å²) < 4.78 is 0. The zero-order valence-corrected chi connectivity index (χ0v) is 11.2. The van der Waals surface area contributed by atoms with E-state index in [9.17, 15) is 4.79 Å². The molecule has 2 N–H and O–H groups in total. The number of hydrogen-bond donors (Lipinski definition) is 2. The summed E-state index contributed by atoms with van der Waals surface area (Å²) in [5, 5.41) is 12.4. The number of carbonyl (C=O) groups excluding carboxylic acids is 1. The molecule has 98 valence electrons. The maximum atomic E-state index is 11.9. The molecule has 0 unspecified atom stereocenters. The van der Waals surface area contributed by atoms with Crippen LogP contribution in [0.2, 0.25) is 10.0 Å². The second-order valence-corrected chi connectivity index (χ2v) is 4.36. The number of anilines is 1. The van der Waals surface area contributed by atoms with E-state index in [0.717, 1.165) is 0 Å². The van der Waals surface area contributed by atoms with Gasteiger partial charge in [0.25, 0.3) is 0 Å². The minimum atomic E-state index is -0.354. The molecule has 18 heavy (non-hydrogen) atoms. The highest BCUT2D eigenvalue weighted by Gasteiger charge is 2.13. The summed E-state index contributed by atoms with van der Waals surface area (Å²) in [6.07, 6.45) is 1.58. The van der Waals surface area contributed by atoms with Crippen molar-refractivity contribution in [2.75, 3.05) is 25.0 Å². The van der Waals surface area contributed by atoms with Gasteiger partial charge >= 0.3 is 6.03 Å². The van der Waals surface area contributed by atoms with Crippen molar-refractivity contribution in [2.45, 2.75) is 0 Å². The molecule has 0 spiro atoms. The first-order chi connectivity index (χ1) is 8.58. The molecule has 0 saturated carbocycles. The van der Waals surface area contributed by atoms with Crippen LogP contribution in [0.1, 0.15) is 0 Å². The Bertz CT molecular complexity index is 438. The van der Waals surface area contributed by atoms with E-state index in [1.54, 1.807) is 24.3 Å². The molecule has 0 heterocycles. The Morgan fingerprint density at radius 2 is 2.22 bits per heavy atom. The van der Waals surface area contributed by atoms with Gasteiger partial charge in [0, 0.05) is 18.1 Å². The highest BCUT2D eigenvalue weighted by molar-refractivity contribution is 6.36. The number of nitrogens with zero attached hydrogens (tertiary/aromatic N) is 1. The first kappa shape index (κ1) is 14.8. The van der Waals surface area contributed by atoms with Crippen LogP contribution in [0.5, 0.6) is 0 Å². The van der Waals surface area contributed by atoms with E-state index < -0.39 is 0 Å². The van der Waals surface area contributed by atoms with Crippen molar-refractivity contribution in [3.05, 3.63) is 40.9 Å². The van der Waals surface area contributed by atoms with Crippen molar-refractivity contribution in [1.29, 1.82) is 0 Å². The molecule has 1 aromatic carbocycles. The highest BCUT2D eigenvalue weighted by Crippen LogP contribution is 2.25. The summed E-state index contributed by atoms with van der Waals surface area (Å²) in [5.41, 5.74) is 0.470. The lowest BCUT2D eigenvalue weighted by Crippen LogP contribution is -2.37. The SMILES string of the molecule is C=CCN(CCO)C(=O)Nc1ccc(Cl)cc1Cl. The molecule has 2 amide bonds. The largest absolute Gasteiger partial charge is 0.395 e. The van der Waals surface area contributed by atoms with Crippen molar-refractivity contribution >= 4 is 34.9 Å². The Morgan fingerprint density at radius 1 is 1.50 bits per heavy atom. The van der Waals surface area contributed by atoms with Crippen LogP contribution in [0.15, 0.2) is 30.9 Å². The standard InChI is InChI=1S/C12H14Cl2N2O2/c1-2-5-16(6-7-17)12(18)15-11-4-3-9(13)8-10(11)14/h2-4,8,17H,1,5-7H2,(H,15,18). The molecule has 0 aliphatic heterocycles. The number of amides is 2. The zero-order chi connectivity index (χ0) is 13.5. The number of carbonyl (C=O) groups is 1. The van der Waals surface area contributed by atoms with Crippen LogP contribution in [-0.4, -0.2) is 35.7 Å². The van der Waals surface area contributed by atoms with Gasteiger partial charge in [-0.2, -0.15) is 0 Å². The molecule has 0 fully saturated rings. The predicted molar refractivity (Wildman–Crippen MR) is 74.3 cm³/mol. The number of benzene rings is 1. The lowest BCUT2D eigenvalue weighted by Gasteiger charge is -2.20. The van der Waals surface area contributed by atoms with Crippen LogP contribution < -0.4 is 5.32 Å². The maximum absolute atomic E-state index is 11.9. The summed E-state index contributed by atoms with van der Waals surface area (Å²) >= 11 is 11.7. The minimum Gasteiger partial charge on any atom is -0.395 e. The first-order valence-electron chi connectivity index (χ1n) is 5.31. The third kappa shape index (κ3) is 4.22. The molecule has 0 atom stereocenters. The minimum absolute atomic E-state index is 0.115. The molecule has 0 radical (unpaired) electrons. The topological polar surface area (TPSA) is 52.6 Å². The van der Waals surface area contributed by atoms with Gasteiger partial charge in [-0.25, -0.2) is 4.79 Å². The van der Waals surface area contributed by atoms with Crippen LogP contribution >= 0.6 is 23.2 Å². The van der Waals surface area contributed by atoms with Crippen LogP contribution in [0.3, 0.4) is 0 Å². The van der Waals surface area contributed by atoms with Gasteiger partial charge in [0.2, 0.25) is 0 Å². The van der Waals surface area contributed by atoms with Crippen molar-refractivity contribution < 1.29 is 9.90 Å². The summed E-state index contributed by atoms with van der Waals surface area (Å²) in [5.74, 6) is 0. The summed E-state index contributed by atoms with van der Waals surface area (Å²) in [6, 6.07) is 4.44. The normalized spacial score (nSPS) is 9.94. The fourth-order valence-electron chi connectivity index (χ4n) is 1.34. The molecule has 0 bridgehead atoms. The summed E-state index contributed by atoms with van der Waals surface area (Å²) in [6.45, 7) is 4.01. The Hall–Kier alpha value is -1.23. The lowest BCUT2D eigenvalue weighted by molar-refractivity contribution is 0.195. The average molecular weight is 289 g/mol. The van der Waals surface area contributed by atoms with E-state index in [2.05, 4.69) is 11.9 Å². The molecule has 0 aliphatic carbocycles. The fourth-order valence-corrected chi connectivity index (χ4v) is 1.79. The molecule has 0 saturated heterocycles. The van der Waals surface area contributed by atoms with Crippen LogP contribution in [0, 0.1) is 0 Å². The molecular formula is C12H14Cl2N2O2. The van der Waals surface area contributed by atoms with E-state index in [1.807, 2.05) is 0 Å². The van der Waals surface area contributed by atoms with Crippen LogP contribution in [0.4, 0.5) is 10.5 Å². The number of rotatable bonds is 5. The van der Waals surface area contributed by atoms with Crippen LogP contribution in [0.25, 0.3) is 0 Å². The van der Waals surface area contributed by atoms with Gasteiger partial charge in [-0.1, -0.05) is 29.3 Å². The molecular weight excluding hydrogens is 275 g/mol. The van der Waals surface area contributed by atoms with E-state index in [0.29, 0.717) is 22.3 Å². The monoisotopic (exact) mass is 288 g/mol. The quantitative estimate of drug-likeness (QED) is 0.819. The van der Waals surface area contributed by atoms with Gasteiger partial charge in [0.1, 0.15) is 0 Å². The number of halogens is 2. The smallest absolute Gasteiger partial charge is 0.322 e.